The van der Waals surface area contributed by atoms with Crippen molar-refractivity contribution in [3.05, 3.63) is 35.6 Å². The van der Waals surface area contributed by atoms with Crippen LogP contribution in [0.1, 0.15) is 42.5 Å². The number of hydrogen-bond donors (Lipinski definition) is 1. The Morgan fingerprint density at radius 2 is 2.40 bits per heavy atom. The minimum Gasteiger partial charge on any atom is -0.479 e. The largest absolute Gasteiger partial charge is 0.479 e. The number of methoxy groups -OCH3 is 1. The number of nitrogens with zero attached hydrogens (tertiary/aromatic N) is 3. The van der Waals surface area contributed by atoms with E-state index in [9.17, 15) is 4.79 Å². The number of ether oxygens (including phenoxy) is 2. The van der Waals surface area contributed by atoms with Gasteiger partial charge >= 0.3 is 0 Å². The first-order valence-corrected chi connectivity index (χ1v) is 8.40. The fourth-order valence-electron chi connectivity index (χ4n) is 2.67. The fourth-order valence-corrected chi connectivity index (χ4v) is 2.67. The fraction of sp³-hybridized carbons (Fsp3) is 0.529. The number of amides is 1. The van der Waals surface area contributed by atoms with Crippen molar-refractivity contribution in [2.24, 2.45) is 0 Å². The molecule has 1 fully saturated rings. The van der Waals surface area contributed by atoms with Crippen molar-refractivity contribution in [2.75, 3.05) is 20.3 Å². The topological polar surface area (TPSA) is 99.4 Å². The average Bonchev–Trinajstić information content (AvgIpc) is 3.14. The van der Waals surface area contributed by atoms with Crippen LogP contribution in [0.15, 0.2) is 22.9 Å². The highest BCUT2D eigenvalue weighted by atomic mass is 16.5. The molecular formula is C17H22N4O4. The summed E-state index contributed by atoms with van der Waals surface area (Å²) in [5.74, 6) is 1.99. The number of carbonyl (C=O) groups excluding carboxylic acids is 1. The van der Waals surface area contributed by atoms with Crippen LogP contribution in [0.2, 0.25) is 0 Å². The van der Waals surface area contributed by atoms with Gasteiger partial charge in [0.05, 0.1) is 26.0 Å². The summed E-state index contributed by atoms with van der Waals surface area (Å²) in [7, 11) is 1.52. The van der Waals surface area contributed by atoms with E-state index in [1.54, 1.807) is 12.3 Å². The van der Waals surface area contributed by atoms with Crippen LogP contribution in [0.4, 0.5) is 0 Å². The van der Waals surface area contributed by atoms with E-state index in [0.717, 1.165) is 31.0 Å². The smallest absolute Gasteiger partial charge is 0.254 e. The highest BCUT2D eigenvalue weighted by Crippen LogP contribution is 2.22. The van der Waals surface area contributed by atoms with E-state index in [4.69, 9.17) is 14.0 Å². The molecule has 0 radical (unpaired) electrons. The Balaban J connectivity index is 1.46. The van der Waals surface area contributed by atoms with Gasteiger partial charge in [0.25, 0.3) is 5.88 Å². The lowest BCUT2D eigenvalue weighted by Gasteiger charge is -2.20. The molecule has 0 unspecified atom stereocenters. The third-order valence-electron chi connectivity index (χ3n) is 4.07. The van der Waals surface area contributed by atoms with Crippen molar-refractivity contribution >= 4 is 5.91 Å². The monoisotopic (exact) mass is 346 g/mol. The standard InChI is InChI=1S/C17H22N4O4/c1-23-16-9-14(25-21-16)4-5-15(22)19-10-13-6-7-18-17(20-13)12-3-2-8-24-11-12/h6-7,9,12H,2-5,8,10-11H2,1H3,(H,19,22)/t12-/m0/s1. The van der Waals surface area contributed by atoms with Crippen molar-refractivity contribution in [1.29, 1.82) is 0 Å². The van der Waals surface area contributed by atoms with E-state index in [0.29, 0.717) is 37.6 Å². The molecule has 1 atom stereocenters. The minimum atomic E-state index is -0.0727. The van der Waals surface area contributed by atoms with E-state index in [2.05, 4.69) is 20.4 Å². The summed E-state index contributed by atoms with van der Waals surface area (Å²) in [5.41, 5.74) is 0.797. The van der Waals surface area contributed by atoms with Gasteiger partial charge in [-0.2, -0.15) is 0 Å². The van der Waals surface area contributed by atoms with Crippen LogP contribution in [0.3, 0.4) is 0 Å². The van der Waals surface area contributed by atoms with Gasteiger partial charge in [-0.3, -0.25) is 4.79 Å². The maximum Gasteiger partial charge on any atom is 0.254 e. The first kappa shape index (κ1) is 17.3. The highest BCUT2D eigenvalue weighted by molar-refractivity contribution is 5.76. The van der Waals surface area contributed by atoms with Crippen molar-refractivity contribution in [1.82, 2.24) is 20.4 Å². The average molecular weight is 346 g/mol. The van der Waals surface area contributed by atoms with Gasteiger partial charge in [-0.05, 0) is 24.1 Å². The Morgan fingerprint density at radius 3 is 3.16 bits per heavy atom. The molecule has 2 aromatic rings. The Morgan fingerprint density at radius 1 is 1.48 bits per heavy atom. The van der Waals surface area contributed by atoms with E-state index >= 15 is 0 Å². The zero-order chi connectivity index (χ0) is 17.5. The Hall–Kier alpha value is -2.48. The molecule has 1 aliphatic rings. The van der Waals surface area contributed by atoms with Gasteiger partial charge in [0.15, 0.2) is 0 Å². The molecule has 0 saturated carbocycles. The summed E-state index contributed by atoms with van der Waals surface area (Å²) < 4.78 is 15.5. The first-order valence-electron chi connectivity index (χ1n) is 8.40. The van der Waals surface area contributed by atoms with Gasteiger partial charge in [-0.25, -0.2) is 9.97 Å². The number of hydrogen-bond acceptors (Lipinski definition) is 7. The Kier molecular flexibility index (Phi) is 5.95. The molecule has 134 valence electrons. The molecule has 25 heavy (non-hydrogen) atoms. The molecule has 8 heteroatoms. The summed E-state index contributed by atoms with van der Waals surface area (Å²) in [6.45, 7) is 1.85. The molecule has 1 N–H and O–H groups in total. The lowest BCUT2D eigenvalue weighted by molar-refractivity contribution is -0.121. The van der Waals surface area contributed by atoms with Crippen molar-refractivity contribution in [2.45, 2.75) is 38.1 Å². The lowest BCUT2D eigenvalue weighted by atomic mass is 10.0. The van der Waals surface area contributed by atoms with Crippen LogP contribution in [0.25, 0.3) is 0 Å². The molecule has 3 rings (SSSR count). The lowest BCUT2D eigenvalue weighted by Crippen LogP contribution is -2.24. The predicted molar refractivity (Wildman–Crippen MR) is 88.0 cm³/mol. The minimum absolute atomic E-state index is 0.0727. The molecule has 8 nitrogen and oxygen atoms in total. The third-order valence-corrected chi connectivity index (χ3v) is 4.07. The molecular weight excluding hydrogens is 324 g/mol. The van der Waals surface area contributed by atoms with Crippen molar-refractivity contribution in [3.8, 4) is 5.88 Å². The molecule has 1 amide bonds. The summed E-state index contributed by atoms with van der Waals surface area (Å²) >= 11 is 0. The molecule has 0 bridgehead atoms. The maximum atomic E-state index is 12.0. The SMILES string of the molecule is COc1cc(CCC(=O)NCc2ccnc([C@H]3CCCOC3)n2)on1. The van der Waals surface area contributed by atoms with Crippen LogP contribution >= 0.6 is 0 Å². The highest BCUT2D eigenvalue weighted by Gasteiger charge is 2.19. The summed E-state index contributed by atoms with van der Waals surface area (Å²) in [6.07, 6.45) is 4.58. The van der Waals surface area contributed by atoms with E-state index in [-0.39, 0.29) is 11.8 Å². The van der Waals surface area contributed by atoms with Gasteiger partial charge < -0.3 is 19.3 Å². The molecule has 0 spiro atoms. The number of aromatic nitrogens is 3. The molecule has 2 aromatic heterocycles. The van der Waals surface area contributed by atoms with Crippen LogP contribution in [-0.4, -0.2) is 41.4 Å². The third kappa shape index (κ3) is 4.99. The van der Waals surface area contributed by atoms with Crippen LogP contribution < -0.4 is 10.1 Å². The quantitative estimate of drug-likeness (QED) is 0.813. The van der Waals surface area contributed by atoms with Gasteiger partial charge in [0.2, 0.25) is 5.91 Å². The number of nitrogens with one attached hydrogen (secondary N) is 1. The van der Waals surface area contributed by atoms with E-state index < -0.39 is 0 Å². The molecule has 3 heterocycles. The number of rotatable bonds is 7. The Labute approximate surface area is 145 Å². The number of aryl methyl sites for hydroxylation is 1. The van der Waals surface area contributed by atoms with Crippen molar-refractivity contribution in [3.63, 3.8) is 0 Å². The van der Waals surface area contributed by atoms with Crippen LogP contribution in [-0.2, 0) is 22.5 Å². The molecule has 0 aliphatic carbocycles. The molecule has 1 aliphatic heterocycles. The van der Waals surface area contributed by atoms with Crippen LogP contribution in [0, 0.1) is 0 Å². The van der Waals surface area contributed by atoms with E-state index in [1.165, 1.54) is 7.11 Å². The second-order valence-electron chi connectivity index (χ2n) is 5.93. The summed E-state index contributed by atoms with van der Waals surface area (Å²) in [4.78, 5) is 20.9. The van der Waals surface area contributed by atoms with Gasteiger partial charge in [-0.15, -0.1) is 0 Å². The second kappa shape index (κ2) is 8.57. The van der Waals surface area contributed by atoms with Gasteiger partial charge in [-0.1, -0.05) is 0 Å². The van der Waals surface area contributed by atoms with E-state index in [1.807, 2.05) is 6.07 Å². The number of carbonyl (C=O) groups is 1. The zero-order valence-electron chi connectivity index (χ0n) is 14.2. The van der Waals surface area contributed by atoms with Gasteiger partial charge in [0, 0.05) is 37.6 Å². The maximum absolute atomic E-state index is 12.0. The zero-order valence-corrected chi connectivity index (χ0v) is 14.2. The normalized spacial score (nSPS) is 17.2. The van der Waals surface area contributed by atoms with Gasteiger partial charge in [0.1, 0.15) is 11.6 Å². The summed E-state index contributed by atoms with van der Waals surface area (Å²) in [6, 6.07) is 3.49. The summed E-state index contributed by atoms with van der Waals surface area (Å²) in [5, 5.41) is 6.57. The first-order chi connectivity index (χ1) is 12.2. The Bertz CT molecular complexity index is 697. The van der Waals surface area contributed by atoms with Crippen molar-refractivity contribution < 1.29 is 18.8 Å². The predicted octanol–water partition coefficient (Wildman–Crippen LogP) is 1.62. The molecule has 1 saturated heterocycles. The van der Waals surface area contributed by atoms with Crippen LogP contribution in [0.5, 0.6) is 5.88 Å². The second-order valence-corrected chi connectivity index (χ2v) is 5.93. The molecule has 0 aromatic carbocycles.